The molecule has 0 aliphatic carbocycles. The molecule has 110 valence electrons. The number of aromatic nitrogens is 1. The Kier molecular flexibility index (Phi) is 4.31. The molecule has 20 heavy (non-hydrogen) atoms. The lowest BCUT2D eigenvalue weighted by molar-refractivity contribution is 0.0765. The fourth-order valence-corrected chi connectivity index (χ4v) is 3.68. The summed E-state index contributed by atoms with van der Waals surface area (Å²) in [6.45, 7) is 5.48. The van der Waals surface area contributed by atoms with Crippen LogP contribution in [0.4, 0.5) is 0 Å². The van der Waals surface area contributed by atoms with E-state index in [1.807, 2.05) is 23.6 Å². The van der Waals surface area contributed by atoms with Crippen LogP contribution < -0.4 is 5.32 Å². The summed E-state index contributed by atoms with van der Waals surface area (Å²) in [5, 5.41) is 3.33. The summed E-state index contributed by atoms with van der Waals surface area (Å²) in [6, 6.07) is 0. The predicted octanol–water partition coefficient (Wildman–Crippen LogP) is 1.64. The number of nitrogens with one attached hydrogen (secondary N) is 1. The lowest BCUT2D eigenvalue weighted by Gasteiger charge is -2.25. The molecule has 2 saturated heterocycles. The highest BCUT2D eigenvalue weighted by Gasteiger charge is 2.27. The van der Waals surface area contributed by atoms with E-state index >= 15 is 0 Å². The first-order valence-electron chi connectivity index (χ1n) is 7.31. The molecule has 2 aliphatic rings. The van der Waals surface area contributed by atoms with Crippen molar-refractivity contribution in [1.82, 2.24) is 15.2 Å². The van der Waals surface area contributed by atoms with E-state index in [1.54, 1.807) is 0 Å². The van der Waals surface area contributed by atoms with E-state index in [9.17, 15) is 4.79 Å². The number of rotatable bonds is 2. The molecule has 5 nitrogen and oxygen atoms in total. The van der Waals surface area contributed by atoms with E-state index in [4.69, 9.17) is 4.42 Å². The smallest absolute Gasteiger partial charge is 0.276 e. The van der Waals surface area contributed by atoms with Crippen LogP contribution in [0, 0.1) is 6.92 Å². The molecule has 2 aliphatic heterocycles. The van der Waals surface area contributed by atoms with Crippen molar-refractivity contribution in [3.63, 3.8) is 0 Å². The first-order chi connectivity index (χ1) is 9.75. The highest BCUT2D eigenvalue weighted by atomic mass is 32.2. The number of carbonyl (C=O) groups excluding carboxylic acids is 1. The van der Waals surface area contributed by atoms with Gasteiger partial charge in [-0.2, -0.15) is 11.8 Å². The van der Waals surface area contributed by atoms with Crippen LogP contribution in [0.3, 0.4) is 0 Å². The molecule has 3 heterocycles. The number of oxazole rings is 1. The van der Waals surface area contributed by atoms with Gasteiger partial charge in [0.25, 0.3) is 5.91 Å². The molecule has 6 heteroatoms. The second-order valence-electron chi connectivity index (χ2n) is 5.39. The third kappa shape index (κ3) is 2.86. The molecule has 2 fully saturated rings. The molecule has 1 N–H and O–H groups in total. The summed E-state index contributed by atoms with van der Waals surface area (Å²) in [4.78, 5) is 18.9. The topological polar surface area (TPSA) is 58.4 Å². The molecule has 0 atom stereocenters. The Balaban J connectivity index is 1.75. The minimum Gasteiger partial charge on any atom is -0.445 e. The quantitative estimate of drug-likeness (QED) is 0.899. The van der Waals surface area contributed by atoms with Gasteiger partial charge in [-0.05, 0) is 32.9 Å². The second kappa shape index (κ2) is 6.18. The number of carbonyl (C=O) groups is 1. The number of hydrogen-bond acceptors (Lipinski definition) is 5. The van der Waals surface area contributed by atoms with Crippen LogP contribution in [0.5, 0.6) is 0 Å². The van der Waals surface area contributed by atoms with Gasteiger partial charge in [-0.15, -0.1) is 0 Å². The van der Waals surface area contributed by atoms with Crippen LogP contribution in [0.2, 0.25) is 0 Å². The van der Waals surface area contributed by atoms with Crippen LogP contribution in [0.25, 0.3) is 0 Å². The fraction of sp³-hybridized carbons (Fsp3) is 0.714. The molecule has 0 radical (unpaired) electrons. The van der Waals surface area contributed by atoms with E-state index in [-0.39, 0.29) is 5.91 Å². The van der Waals surface area contributed by atoms with Gasteiger partial charge in [0.1, 0.15) is 5.76 Å². The summed E-state index contributed by atoms with van der Waals surface area (Å²) in [7, 11) is 0. The Bertz CT molecular complexity index is 477. The van der Waals surface area contributed by atoms with Crippen molar-refractivity contribution in [2.45, 2.75) is 25.7 Å². The molecule has 0 bridgehead atoms. The van der Waals surface area contributed by atoms with E-state index in [0.717, 1.165) is 56.4 Å². The molecular formula is C14H21N3O2S. The van der Waals surface area contributed by atoms with Crippen LogP contribution in [0.1, 0.15) is 40.9 Å². The molecule has 0 spiro atoms. The van der Waals surface area contributed by atoms with Gasteiger partial charge in [0.15, 0.2) is 11.6 Å². The van der Waals surface area contributed by atoms with Gasteiger partial charge < -0.3 is 14.6 Å². The first kappa shape index (κ1) is 13.9. The van der Waals surface area contributed by atoms with Crippen LogP contribution in [0.15, 0.2) is 4.42 Å². The van der Waals surface area contributed by atoms with Crippen LogP contribution in [-0.4, -0.2) is 53.5 Å². The van der Waals surface area contributed by atoms with Crippen molar-refractivity contribution in [1.29, 1.82) is 0 Å². The van der Waals surface area contributed by atoms with E-state index in [0.29, 0.717) is 17.4 Å². The summed E-state index contributed by atoms with van der Waals surface area (Å²) < 4.78 is 5.77. The largest absolute Gasteiger partial charge is 0.445 e. The number of nitrogens with zero attached hydrogens (tertiary/aromatic N) is 2. The summed E-state index contributed by atoms with van der Waals surface area (Å²) >= 11 is 1.90. The molecule has 1 aromatic heterocycles. The Morgan fingerprint density at radius 3 is 2.75 bits per heavy atom. The van der Waals surface area contributed by atoms with Crippen molar-refractivity contribution >= 4 is 17.7 Å². The average molecular weight is 295 g/mol. The van der Waals surface area contributed by atoms with Crippen molar-refractivity contribution in [2.75, 3.05) is 37.7 Å². The number of aryl methyl sites for hydroxylation is 1. The van der Waals surface area contributed by atoms with Gasteiger partial charge in [0.05, 0.1) is 0 Å². The Labute approximate surface area is 123 Å². The van der Waals surface area contributed by atoms with E-state index < -0.39 is 0 Å². The standard InChI is InChI=1S/C14H21N3O2S/c1-10-12(14(18)17-6-8-20-9-7-17)16-13(19-10)11-2-4-15-5-3-11/h11,15H,2-9H2,1H3. The van der Waals surface area contributed by atoms with Gasteiger partial charge in [0.2, 0.25) is 0 Å². The van der Waals surface area contributed by atoms with E-state index in [2.05, 4.69) is 10.3 Å². The highest BCUT2D eigenvalue weighted by Crippen LogP contribution is 2.27. The summed E-state index contributed by atoms with van der Waals surface area (Å²) in [6.07, 6.45) is 2.07. The maximum atomic E-state index is 12.5. The second-order valence-corrected chi connectivity index (χ2v) is 6.61. The monoisotopic (exact) mass is 295 g/mol. The lowest BCUT2D eigenvalue weighted by atomic mass is 9.98. The maximum absolute atomic E-state index is 12.5. The van der Waals surface area contributed by atoms with Gasteiger partial charge in [-0.25, -0.2) is 4.98 Å². The molecule has 3 rings (SSSR count). The van der Waals surface area contributed by atoms with Crippen molar-refractivity contribution in [3.05, 3.63) is 17.3 Å². The lowest BCUT2D eigenvalue weighted by Crippen LogP contribution is -2.38. The third-order valence-electron chi connectivity index (χ3n) is 4.00. The summed E-state index contributed by atoms with van der Waals surface area (Å²) in [5.74, 6) is 3.84. The zero-order chi connectivity index (χ0) is 13.9. The Morgan fingerprint density at radius 1 is 1.35 bits per heavy atom. The van der Waals surface area contributed by atoms with Gasteiger partial charge >= 0.3 is 0 Å². The molecule has 0 unspecified atom stereocenters. The van der Waals surface area contributed by atoms with Crippen LogP contribution >= 0.6 is 11.8 Å². The number of hydrogen-bond donors (Lipinski definition) is 1. The van der Waals surface area contributed by atoms with E-state index in [1.165, 1.54) is 0 Å². The van der Waals surface area contributed by atoms with Gasteiger partial charge in [0, 0.05) is 30.5 Å². The van der Waals surface area contributed by atoms with Gasteiger partial charge in [-0.1, -0.05) is 0 Å². The zero-order valence-corrected chi connectivity index (χ0v) is 12.7. The maximum Gasteiger partial charge on any atom is 0.276 e. The zero-order valence-electron chi connectivity index (χ0n) is 11.9. The number of amides is 1. The average Bonchev–Trinajstić information content (AvgIpc) is 2.90. The van der Waals surface area contributed by atoms with Crippen molar-refractivity contribution < 1.29 is 9.21 Å². The van der Waals surface area contributed by atoms with Crippen molar-refractivity contribution in [3.8, 4) is 0 Å². The molecular weight excluding hydrogens is 274 g/mol. The van der Waals surface area contributed by atoms with Gasteiger partial charge in [-0.3, -0.25) is 4.79 Å². The SMILES string of the molecule is Cc1oc(C2CCNCC2)nc1C(=O)N1CCSCC1. The molecule has 0 aromatic carbocycles. The molecule has 1 amide bonds. The minimum absolute atomic E-state index is 0.0340. The first-order valence-corrected chi connectivity index (χ1v) is 8.46. The third-order valence-corrected chi connectivity index (χ3v) is 4.94. The minimum atomic E-state index is 0.0340. The Hall–Kier alpha value is -1.01. The predicted molar refractivity (Wildman–Crippen MR) is 79.3 cm³/mol. The van der Waals surface area contributed by atoms with Crippen LogP contribution in [-0.2, 0) is 0 Å². The number of thioether (sulfide) groups is 1. The highest BCUT2D eigenvalue weighted by molar-refractivity contribution is 7.99. The molecule has 0 saturated carbocycles. The molecule has 1 aromatic rings. The Morgan fingerprint density at radius 2 is 2.05 bits per heavy atom. The fourth-order valence-electron chi connectivity index (χ4n) is 2.78. The van der Waals surface area contributed by atoms with Crippen molar-refractivity contribution in [2.24, 2.45) is 0 Å². The normalized spacial score (nSPS) is 21.1. The summed E-state index contributed by atoms with van der Waals surface area (Å²) in [5.41, 5.74) is 0.519. The number of piperidine rings is 1.